The Bertz CT molecular complexity index is 492. The highest BCUT2D eigenvalue weighted by atomic mass is 16.5. The summed E-state index contributed by atoms with van der Waals surface area (Å²) in [6.45, 7) is 2.16. The van der Waals surface area contributed by atoms with Crippen molar-refractivity contribution in [3.05, 3.63) is 24.4 Å². The molecule has 94 valence electrons. The van der Waals surface area contributed by atoms with Crippen molar-refractivity contribution in [2.45, 2.75) is 19.3 Å². The zero-order chi connectivity index (χ0) is 12.2. The van der Waals surface area contributed by atoms with E-state index in [2.05, 4.69) is 25.4 Å². The lowest BCUT2D eigenvalue weighted by Gasteiger charge is -2.20. The molecule has 18 heavy (non-hydrogen) atoms. The Balaban J connectivity index is 1.69. The maximum atomic E-state index is 5.21. The molecule has 1 fully saturated rings. The summed E-state index contributed by atoms with van der Waals surface area (Å²) in [6.07, 6.45) is 8.16. The number of rotatable bonds is 3. The smallest absolute Gasteiger partial charge is 0.278 e. The van der Waals surface area contributed by atoms with Crippen molar-refractivity contribution < 1.29 is 4.52 Å². The molecule has 0 bridgehead atoms. The van der Waals surface area contributed by atoms with Gasteiger partial charge in [-0.15, -0.1) is 0 Å². The fraction of sp³-hybridized carbons (Fsp3) is 0.500. The summed E-state index contributed by atoms with van der Waals surface area (Å²) in [5.41, 5.74) is 0.623. The molecule has 2 aromatic rings. The third kappa shape index (κ3) is 2.53. The van der Waals surface area contributed by atoms with Crippen molar-refractivity contribution in [3.8, 4) is 11.6 Å². The van der Waals surface area contributed by atoms with Gasteiger partial charge in [-0.2, -0.15) is 4.98 Å². The van der Waals surface area contributed by atoms with Crippen LogP contribution in [-0.4, -0.2) is 33.2 Å². The monoisotopic (exact) mass is 245 g/mol. The zero-order valence-corrected chi connectivity index (χ0v) is 10.0. The fourth-order valence-electron chi connectivity index (χ4n) is 2.21. The van der Waals surface area contributed by atoms with E-state index in [4.69, 9.17) is 4.52 Å². The number of nitrogens with one attached hydrogen (secondary N) is 1. The topological polar surface area (TPSA) is 76.7 Å². The second kappa shape index (κ2) is 5.22. The molecule has 0 aliphatic carbocycles. The molecule has 6 heteroatoms. The number of hydrogen-bond acceptors (Lipinski definition) is 6. The van der Waals surface area contributed by atoms with Crippen LogP contribution in [0.2, 0.25) is 0 Å². The largest absolute Gasteiger partial charge is 0.332 e. The first-order valence-corrected chi connectivity index (χ1v) is 6.21. The van der Waals surface area contributed by atoms with Crippen molar-refractivity contribution in [2.75, 3.05) is 13.1 Å². The van der Waals surface area contributed by atoms with Crippen LogP contribution in [0.4, 0.5) is 0 Å². The van der Waals surface area contributed by atoms with Gasteiger partial charge in [-0.25, -0.2) is 4.98 Å². The third-order valence-electron chi connectivity index (χ3n) is 3.12. The van der Waals surface area contributed by atoms with Gasteiger partial charge in [-0.05, 0) is 31.8 Å². The second-order valence-electron chi connectivity index (χ2n) is 4.52. The van der Waals surface area contributed by atoms with Crippen LogP contribution in [-0.2, 0) is 6.42 Å². The van der Waals surface area contributed by atoms with Gasteiger partial charge in [-0.3, -0.25) is 4.98 Å². The minimum absolute atomic E-state index is 0.446. The third-order valence-corrected chi connectivity index (χ3v) is 3.12. The molecule has 1 unspecified atom stereocenters. The molecule has 1 N–H and O–H groups in total. The molecule has 1 aliphatic heterocycles. The Morgan fingerprint density at radius 1 is 1.39 bits per heavy atom. The van der Waals surface area contributed by atoms with E-state index in [-0.39, 0.29) is 0 Å². The van der Waals surface area contributed by atoms with Crippen molar-refractivity contribution in [1.82, 2.24) is 25.4 Å². The normalized spacial score (nSPS) is 19.9. The maximum Gasteiger partial charge on any atom is 0.278 e. The summed E-state index contributed by atoms with van der Waals surface area (Å²) >= 11 is 0. The highest BCUT2D eigenvalue weighted by Gasteiger charge is 2.17. The highest BCUT2D eigenvalue weighted by molar-refractivity contribution is 5.43. The Morgan fingerprint density at radius 2 is 2.39 bits per heavy atom. The molecule has 1 saturated heterocycles. The molecule has 1 atom stereocenters. The lowest BCUT2D eigenvalue weighted by Crippen LogP contribution is -2.31. The molecule has 1 aliphatic rings. The van der Waals surface area contributed by atoms with Crippen LogP contribution in [0.15, 0.2) is 23.1 Å². The van der Waals surface area contributed by atoms with Crippen LogP contribution in [0.25, 0.3) is 11.6 Å². The van der Waals surface area contributed by atoms with Gasteiger partial charge in [0.25, 0.3) is 5.89 Å². The van der Waals surface area contributed by atoms with Crippen molar-refractivity contribution in [2.24, 2.45) is 5.92 Å². The number of aromatic nitrogens is 4. The SMILES string of the molecule is c1cnc(-c2nc(CC3CCCNC3)no2)cn1. The average Bonchev–Trinajstić information content (AvgIpc) is 2.89. The molecular formula is C12H15N5O. The zero-order valence-electron chi connectivity index (χ0n) is 10.0. The molecule has 0 aromatic carbocycles. The van der Waals surface area contributed by atoms with Gasteiger partial charge in [0.05, 0.1) is 6.20 Å². The standard InChI is InChI=1S/C12H15N5O/c1-2-9(7-13-3-1)6-11-16-12(18-17-11)10-8-14-4-5-15-10/h4-5,8-9,13H,1-3,6-7H2. The van der Waals surface area contributed by atoms with Crippen LogP contribution < -0.4 is 5.32 Å². The van der Waals surface area contributed by atoms with Crippen LogP contribution >= 0.6 is 0 Å². The van der Waals surface area contributed by atoms with E-state index in [1.165, 1.54) is 12.8 Å². The predicted molar refractivity (Wildman–Crippen MR) is 64.6 cm³/mol. The molecule has 0 spiro atoms. The van der Waals surface area contributed by atoms with Gasteiger partial charge in [0.2, 0.25) is 0 Å². The molecule has 0 amide bonds. The van der Waals surface area contributed by atoms with Gasteiger partial charge in [0.1, 0.15) is 5.69 Å². The number of nitrogens with zero attached hydrogens (tertiary/aromatic N) is 4. The van der Waals surface area contributed by atoms with Crippen molar-refractivity contribution >= 4 is 0 Å². The first-order valence-electron chi connectivity index (χ1n) is 6.21. The molecule has 3 heterocycles. The van der Waals surface area contributed by atoms with E-state index in [9.17, 15) is 0 Å². The summed E-state index contributed by atoms with van der Waals surface area (Å²) in [4.78, 5) is 12.5. The van der Waals surface area contributed by atoms with Crippen LogP contribution in [0.1, 0.15) is 18.7 Å². The van der Waals surface area contributed by atoms with Gasteiger partial charge < -0.3 is 9.84 Å². The van der Waals surface area contributed by atoms with Crippen molar-refractivity contribution in [3.63, 3.8) is 0 Å². The van der Waals surface area contributed by atoms with E-state index in [0.29, 0.717) is 17.5 Å². The lowest BCUT2D eigenvalue weighted by atomic mass is 9.96. The average molecular weight is 245 g/mol. The molecule has 3 rings (SSSR count). The Morgan fingerprint density at radius 3 is 3.17 bits per heavy atom. The summed E-state index contributed by atoms with van der Waals surface area (Å²) < 4.78 is 5.21. The van der Waals surface area contributed by atoms with E-state index in [1.807, 2.05) is 0 Å². The summed E-state index contributed by atoms with van der Waals surface area (Å²) in [5, 5.41) is 7.39. The summed E-state index contributed by atoms with van der Waals surface area (Å²) in [7, 11) is 0. The molecular weight excluding hydrogens is 230 g/mol. The fourth-order valence-corrected chi connectivity index (χ4v) is 2.21. The van der Waals surface area contributed by atoms with Crippen LogP contribution in [0, 0.1) is 5.92 Å². The molecule has 0 radical (unpaired) electrons. The van der Waals surface area contributed by atoms with Gasteiger partial charge in [-0.1, -0.05) is 5.16 Å². The van der Waals surface area contributed by atoms with Gasteiger partial charge in [0, 0.05) is 18.8 Å². The van der Waals surface area contributed by atoms with Crippen molar-refractivity contribution in [1.29, 1.82) is 0 Å². The Kier molecular flexibility index (Phi) is 3.27. The van der Waals surface area contributed by atoms with Crippen LogP contribution in [0.5, 0.6) is 0 Å². The molecule has 2 aromatic heterocycles. The lowest BCUT2D eigenvalue weighted by molar-refractivity contribution is 0.359. The summed E-state index contributed by atoms with van der Waals surface area (Å²) in [6, 6.07) is 0. The van der Waals surface area contributed by atoms with E-state index < -0.39 is 0 Å². The van der Waals surface area contributed by atoms with E-state index in [1.54, 1.807) is 18.6 Å². The first kappa shape index (κ1) is 11.3. The molecule has 6 nitrogen and oxygen atoms in total. The van der Waals surface area contributed by atoms with Gasteiger partial charge >= 0.3 is 0 Å². The quantitative estimate of drug-likeness (QED) is 0.871. The predicted octanol–water partition coefficient (Wildman–Crippen LogP) is 1.07. The first-order chi connectivity index (χ1) is 8.92. The Labute approximate surface area is 105 Å². The minimum atomic E-state index is 0.446. The highest BCUT2D eigenvalue weighted by Crippen LogP contribution is 2.17. The summed E-state index contributed by atoms with van der Waals surface area (Å²) in [5.74, 6) is 1.80. The number of piperidine rings is 1. The minimum Gasteiger partial charge on any atom is -0.332 e. The maximum absolute atomic E-state index is 5.21. The van der Waals surface area contributed by atoms with Crippen LogP contribution in [0.3, 0.4) is 0 Å². The number of hydrogen-bond donors (Lipinski definition) is 1. The van der Waals surface area contributed by atoms with Gasteiger partial charge in [0.15, 0.2) is 5.82 Å². The second-order valence-corrected chi connectivity index (χ2v) is 4.52. The molecule has 0 saturated carbocycles. The van der Waals surface area contributed by atoms with E-state index >= 15 is 0 Å². The Hall–Kier alpha value is -1.82. The van der Waals surface area contributed by atoms with E-state index in [0.717, 1.165) is 25.3 Å².